The van der Waals surface area contributed by atoms with E-state index in [1.54, 1.807) is 0 Å². The lowest BCUT2D eigenvalue weighted by Crippen LogP contribution is -2.29. The predicted molar refractivity (Wildman–Crippen MR) is 128 cm³/mol. The van der Waals surface area contributed by atoms with Gasteiger partial charge in [0.25, 0.3) is 0 Å². The van der Waals surface area contributed by atoms with E-state index in [1.807, 2.05) is 49.0 Å². The van der Waals surface area contributed by atoms with Gasteiger partial charge in [-0.25, -0.2) is 4.79 Å². The lowest BCUT2D eigenvalue weighted by atomic mass is 10.1. The van der Waals surface area contributed by atoms with Gasteiger partial charge in [0.05, 0.1) is 6.61 Å². The zero-order chi connectivity index (χ0) is 21.7. The molecular formula is C24H40N2O3S. The van der Waals surface area contributed by atoms with Crippen molar-refractivity contribution in [3.05, 3.63) is 30.3 Å². The molecule has 0 saturated heterocycles. The maximum Gasteiger partial charge on any atom is 0.319 e. The third-order valence-corrected chi connectivity index (χ3v) is 5.91. The highest BCUT2D eigenvalue weighted by Gasteiger charge is 2.01. The highest BCUT2D eigenvalue weighted by molar-refractivity contribution is 7.99. The van der Waals surface area contributed by atoms with Crippen LogP contribution in [0.4, 0.5) is 10.5 Å². The fourth-order valence-electron chi connectivity index (χ4n) is 3.12. The number of amides is 2. The van der Waals surface area contributed by atoms with Crippen molar-refractivity contribution >= 4 is 29.4 Å². The molecule has 5 nitrogen and oxygen atoms in total. The van der Waals surface area contributed by atoms with Crippen LogP contribution in [0, 0.1) is 0 Å². The molecule has 0 heterocycles. The summed E-state index contributed by atoms with van der Waals surface area (Å²) in [5.41, 5.74) is 0.818. The molecule has 0 bridgehead atoms. The number of thioether (sulfide) groups is 1. The Morgan fingerprint density at radius 3 is 2.10 bits per heavy atom. The van der Waals surface area contributed by atoms with Crippen LogP contribution < -0.4 is 10.6 Å². The molecular weight excluding hydrogens is 396 g/mol. The van der Waals surface area contributed by atoms with E-state index in [9.17, 15) is 9.59 Å². The van der Waals surface area contributed by atoms with Gasteiger partial charge in [0.15, 0.2) is 0 Å². The third-order valence-electron chi connectivity index (χ3n) is 4.76. The van der Waals surface area contributed by atoms with E-state index in [4.69, 9.17) is 4.74 Å². The van der Waals surface area contributed by atoms with Gasteiger partial charge in [0.2, 0.25) is 0 Å². The van der Waals surface area contributed by atoms with Gasteiger partial charge in [0, 0.05) is 18.7 Å². The smallest absolute Gasteiger partial charge is 0.319 e. The standard InChI is InChI=1S/C24H40N2O3S/c1-2-29-23(27)18-13-8-6-4-3-5-7-9-14-20-30-21-15-19-25-24(28)26-22-16-11-10-12-17-22/h10-12,16-17H,2-9,13-15,18-21H2,1H3,(H2,25,26,28). The van der Waals surface area contributed by atoms with Gasteiger partial charge < -0.3 is 15.4 Å². The zero-order valence-corrected chi connectivity index (χ0v) is 19.4. The molecule has 2 N–H and O–H groups in total. The number of urea groups is 1. The van der Waals surface area contributed by atoms with Gasteiger partial charge in [-0.3, -0.25) is 4.79 Å². The van der Waals surface area contributed by atoms with Crippen LogP contribution in [0.1, 0.15) is 77.6 Å². The van der Waals surface area contributed by atoms with E-state index in [-0.39, 0.29) is 12.0 Å². The Morgan fingerprint density at radius 1 is 0.833 bits per heavy atom. The summed E-state index contributed by atoms with van der Waals surface area (Å²) in [6.45, 7) is 3.05. The Kier molecular flexibility index (Phi) is 16.9. The van der Waals surface area contributed by atoms with E-state index >= 15 is 0 Å². The maximum atomic E-state index is 11.7. The normalized spacial score (nSPS) is 10.6. The zero-order valence-electron chi connectivity index (χ0n) is 18.6. The number of carbonyl (C=O) groups excluding carboxylic acids is 2. The lowest BCUT2D eigenvalue weighted by molar-refractivity contribution is -0.143. The summed E-state index contributed by atoms with van der Waals surface area (Å²) in [4.78, 5) is 23.0. The number of unbranched alkanes of at least 4 members (excludes halogenated alkanes) is 8. The Balaban J connectivity index is 1.75. The van der Waals surface area contributed by atoms with Crippen LogP contribution in [-0.2, 0) is 9.53 Å². The van der Waals surface area contributed by atoms with Crippen molar-refractivity contribution in [1.82, 2.24) is 5.32 Å². The first-order valence-corrected chi connectivity index (χ1v) is 12.7. The van der Waals surface area contributed by atoms with E-state index in [1.165, 1.54) is 50.7 Å². The molecule has 0 saturated carbocycles. The molecule has 1 rings (SSSR count). The van der Waals surface area contributed by atoms with E-state index in [2.05, 4.69) is 10.6 Å². The molecule has 0 atom stereocenters. The number of ether oxygens (including phenoxy) is 1. The largest absolute Gasteiger partial charge is 0.466 e. The SMILES string of the molecule is CCOC(=O)CCCCCCCCCCCSCCCNC(=O)Nc1ccccc1. The predicted octanol–water partition coefficient (Wildman–Crippen LogP) is 6.40. The van der Waals surface area contributed by atoms with E-state index in [0.717, 1.165) is 30.7 Å². The van der Waals surface area contributed by atoms with Crippen LogP contribution in [0.3, 0.4) is 0 Å². The maximum absolute atomic E-state index is 11.7. The summed E-state index contributed by atoms with van der Waals surface area (Å²) in [6.07, 6.45) is 12.7. The Labute approximate surface area is 187 Å². The minimum absolute atomic E-state index is 0.0554. The highest BCUT2D eigenvalue weighted by atomic mass is 32.2. The number of benzene rings is 1. The van der Waals surface area contributed by atoms with Gasteiger partial charge in [-0.05, 0) is 49.8 Å². The summed E-state index contributed by atoms with van der Waals surface area (Å²) in [7, 11) is 0. The van der Waals surface area contributed by atoms with Crippen molar-refractivity contribution in [3.8, 4) is 0 Å². The third kappa shape index (κ3) is 16.1. The van der Waals surface area contributed by atoms with Crippen molar-refractivity contribution in [2.45, 2.75) is 77.6 Å². The minimum atomic E-state index is -0.134. The summed E-state index contributed by atoms with van der Waals surface area (Å²) in [5.74, 6) is 2.25. The Bertz CT molecular complexity index is 555. The molecule has 1 aromatic carbocycles. The first-order chi connectivity index (χ1) is 14.7. The van der Waals surface area contributed by atoms with Crippen LogP contribution in [-0.4, -0.2) is 36.7 Å². The number of rotatable bonds is 18. The molecule has 0 aromatic heterocycles. The number of para-hydroxylation sites is 1. The summed E-state index contributed by atoms with van der Waals surface area (Å²) >= 11 is 1.98. The first-order valence-electron chi connectivity index (χ1n) is 11.6. The lowest BCUT2D eigenvalue weighted by Gasteiger charge is -2.07. The fourth-order valence-corrected chi connectivity index (χ4v) is 4.08. The van der Waals surface area contributed by atoms with Crippen LogP contribution in [0.5, 0.6) is 0 Å². The van der Waals surface area contributed by atoms with E-state index in [0.29, 0.717) is 19.6 Å². The number of esters is 1. The van der Waals surface area contributed by atoms with Crippen LogP contribution in [0.15, 0.2) is 30.3 Å². The van der Waals surface area contributed by atoms with Crippen molar-refractivity contribution in [1.29, 1.82) is 0 Å². The molecule has 0 aliphatic carbocycles. The minimum Gasteiger partial charge on any atom is -0.466 e. The van der Waals surface area contributed by atoms with Gasteiger partial charge >= 0.3 is 12.0 Å². The van der Waals surface area contributed by atoms with Crippen LogP contribution in [0.25, 0.3) is 0 Å². The first kappa shape index (κ1) is 26.3. The van der Waals surface area contributed by atoms with Crippen molar-refractivity contribution in [2.75, 3.05) is 30.0 Å². The average Bonchev–Trinajstić information content (AvgIpc) is 2.74. The highest BCUT2D eigenvalue weighted by Crippen LogP contribution is 2.13. The monoisotopic (exact) mass is 436 g/mol. The number of anilines is 1. The number of hydrogen-bond acceptors (Lipinski definition) is 4. The second-order valence-corrected chi connectivity index (χ2v) is 8.67. The Hall–Kier alpha value is -1.69. The molecule has 0 radical (unpaired) electrons. The molecule has 1 aromatic rings. The van der Waals surface area contributed by atoms with Crippen molar-refractivity contribution < 1.29 is 14.3 Å². The molecule has 170 valence electrons. The molecule has 0 aliphatic heterocycles. The second kappa shape index (κ2) is 19.3. The number of hydrogen-bond donors (Lipinski definition) is 2. The molecule has 6 heteroatoms. The summed E-state index contributed by atoms with van der Waals surface area (Å²) < 4.78 is 4.93. The van der Waals surface area contributed by atoms with Gasteiger partial charge in [-0.15, -0.1) is 0 Å². The summed E-state index contributed by atoms with van der Waals surface area (Å²) in [6, 6.07) is 9.37. The molecule has 0 aliphatic rings. The van der Waals surface area contributed by atoms with Crippen molar-refractivity contribution in [3.63, 3.8) is 0 Å². The van der Waals surface area contributed by atoms with Gasteiger partial charge in [-0.1, -0.05) is 63.1 Å². The molecule has 2 amide bonds. The van der Waals surface area contributed by atoms with E-state index < -0.39 is 0 Å². The number of carbonyl (C=O) groups is 2. The topological polar surface area (TPSA) is 67.4 Å². The fraction of sp³-hybridized carbons (Fsp3) is 0.667. The quantitative estimate of drug-likeness (QED) is 0.206. The average molecular weight is 437 g/mol. The Morgan fingerprint density at radius 2 is 1.43 bits per heavy atom. The molecule has 30 heavy (non-hydrogen) atoms. The molecule has 0 spiro atoms. The second-order valence-electron chi connectivity index (χ2n) is 7.45. The van der Waals surface area contributed by atoms with Crippen LogP contribution in [0.2, 0.25) is 0 Å². The van der Waals surface area contributed by atoms with Gasteiger partial charge in [0.1, 0.15) is 0 Å². The van der Waals surface area contributed by atoms with Crippen molar-refractivity contribution in [2.24, 2.45) is 0 Å². The number of nitrogens with one attached hydrogen (secondary N) is 2. The van der Waals surface area contributed by atoms with Gasteiger partial charge in [-0.2, -0.15) is 11.8 Å². The van der Waals surface area contributed by atoms with Crippen LogP contribution >= 0.6 is 11.8 Å². The molecule has 0 unspecified atom stereocenters. The summed E-state index contributed by atoms with van der Waals surface area (Å²) in [5, 5.41) is 5.72. The molecule has 0 fully saturated rings.